The predicted octanol–water partition coefficient (Wildman–Crippen LogP) is 2.11. The fraction of sp³-hybridized carbons (Fsp3) is 0.429. The third-order valence-corrected chi connectivity index (χ3v) is 2.61. The van der Waals surface area contributed by atoms with Crippen molar-refractivity contribution in [1.29, 1.82) is 0 Å². The molecule has 1 N–H and O–H groups in total. The highest BCUT2D eigenvalue weighted by molar-refractivity contribution is 5.81. The molecule has 19 heavy (non-hydrogen) atoms. The van der Waals surface area contributed by atoms with Gasteiger partial charge in [-0.15, -0.1) is 0 Å². The van der Waals surface area contributed by atoms with Crippen LogP contribution in [0, 0.1) is 5.92 Å². The number of rotatable bonds is 5. The van der Waals surface area contributed by atoms with E-state index < -0.39 is 18.1 Å². The topological polar surface area (TPSA) is 64.6 Å². The highest BCUT2D eigenvalue weighted by Gasteiger charge is 2.25. The van der Waals surface area contributed by atoms with Crippen molar-refractivity contribution in [2.45, 2.75) is 26.5 Å². The molecule has 0 spiro atoms. The molecule has 5 heteroatoms. The van der Waals surface area contributed by atoms with Gasteiger partial charge in [-0.05, 0) is 11.5 Å². The maximum atomic E-state index is 11.6. The number of esters is 1. The zero-order valence-electron chi connectivity index (χ0n) is 11.4. The van der Waals surface area contributed by atoms with Gasteiger partial charge in [0.1, 0.15) is 12.6 Å². The van der Waals surface area contributed by atoms with Crippen LogP contribution in [0.5, 0.6) is 0 Å². The van der Waals surface area contributed by atoms with E-state index in [1.165, 1.54) is 7.11 Å². The first-order valence-corrected chi connectivity index (χ1v) is 6.09. The van der Waals surface area contributed by atoms with Crippen molar-refractivity contribution in [3.05, 3.63) is 35.9 Å². The summed E-state index contributed by atoms with van der Waals surface area (Å²) in [6.45, 7) is 3.80. The van der Waals surface area contributed by atoms with Gasteiger partial charge in [-0.2, -0.15) is 0 Å². The molecule has 0 aliphatic rings. The number of ether oxygens (including phenoxy) is 2. The van der Waals surface area contributed by atoms with Crippen LogP contribution in [0.25, 0.3) is 0 Å². The summed E-state index contributed by atoms with van der Waals surface area (Å²) in [5, 5.41) is 2.50. The molecule has 1 aromatic rings. The molecule has 0 saturated carbocycles. The van der Waals surface area contributed by atoms with Gasteiger partial charge in [0.05, 0.1) is 7.11 Å². The summed E-state index contributed by atoms with van der Waals surface area (Å²) in [4.78, 5) is 23.1. The van der Waals surface area contributed by atoms with E-state index in [9.17, 15) is 9.59 Å². The fourth-order valence-electron chi connectivity index (χ4n) is 1.52. The van der Waals surface area contributed by atoms with E-state index >= 15 is 0 Å². The van der Waals surface area contributed by atoms with Crippen LogP contribution in [-0.4, -0.2) is 25.2 Å². The average molecular weight is 265 g/mol. The molecule has 0 aliphatic heterocycles. The SMILES string of the molecule is COC(=O)C(NC(=O)OCc1ccccc1)C(C)C. The molecule has 1 unspecified atom stereocenters. The van der Waals surface area contributed by atoms with Crippen molar-refractivity contribution >= 4 is 12.1 Å². The molecule has 1 amide bonds. The molecule has 1 aromatic carbocycles. The van der Waals surface area contributed by atoms with Crippen LogP contribution in [0.15, 0.2) is 30.3 Å². The standard InChI is InChI=1S/C14H19NO4/c1-10(2)12(13(16)18-3)15-14(17)19-9-11-7-5-4-6-8-11/h4-8,10,12H,9H2,1-3H3,(H,15,17). The molecule has 0 bridgehead atoms. The maximum Gasteiger partial charge on any atom is 0.408 e. The Balaban J connectivity index is 2.47. The second-order valence-corrected chi connectivity index (χ2v) is 4.45. The van der Waals surface area contributed by atoms with Crippen molar-refractivity contribution in [1.82, 2.24) is 5.32 Å². The number of carbonyl (C=O) groups excluding carboxylic acids is 2. The monoisotopic (exact) mass is 265 g/mol. The molecule has 0 heterocycles. The van der Waals surface area contributed by atoms with Crippen LogP contribution < -0.4 is 5.32 Å². The number of alkyl carbamates (subject to hydrolysis) is 1. The van der Waals surface area contributed by atoms with Gasteiger partial charge in [-0.1, -0.05) is 44.2 Å². The smallest absolute Gasteiger partial charge is 0.408 e. The van der Waals surface area contributed by atoms with Gasteiger partial charge in [0, 0.05) is 0 Å². The quantitative estimate of drug-likeness (QED) is 0.828. The van der Waals surface area contributed by atoms with E-state index in [1.807, 2.05) is 44.2 Å². The second-order valence-electron chi connectivity index (χ2n) is 4.45. The van der Waals surface area contributed by atoms with Gasteiger partial charge in [0.2, 0.25) is 0 Å². The predicted molar refractivity (Wildman–Crippen MR) is 70.4 cm³/mol. The lowest BCUT2D eigenvalue weighted by molar-refractivity contribution is -0.144. The first kappa shape index (κ1) is 15.0. The maximum absolute atomic E-state index is 11.6. The molecule has 0 aromatic heterocycles. The van der Waals surface area contributed by atoms with E-state index in [1.54, 1.807) is 0 Å². The summed E-state index contributed by atoms with van der Waals surface area (Å²) in [6.07, 6.45) is -0.632. The highest BCUT2D eigenvalue weighted by Crippen LogP contribution is 2.05. The molecule has 0 fully saturated rings. The lowest BCUT2D eigenvalue weighted by Gasteiger charge is -2.19. The summed E-state index contributed by atoms with van der Waals surface area (Å²) in [7, 11) is 1.29. The van der Waals surface area contributed by atoms with Crippen LogP contribution in [0.2, 0.25) is 0 Å². The summed E-state index contributed by atoms with van der Waals surface area (Å²) >= 11 is 0. The van der Waals surface area contributed by atoms with Crippen molar-refractivity contribution < 1.29 is 19.1 Å². The number of hydrogen-bond donors (Lipinski definition) is 1. The van der Waals surface area contributed by atoms with E-state index in [0.29, 0.717) is 0 Å². The number of benzene rings is 1. The van der Waals surface area contributed by atoms with Crippen LogP contribution in [0.3, 0.4) is 0 Å². The van der Waals surface area contributed by atoms with Crippen molar-refractivity contribution in [3.8, 4) is 0 Å². The van der Waals surface area contributed by atoms with E-state index in [2.05, 4.69) is 10.1 Å². The number of methoxy groups -OCH3 is 1. The normalized spacial score (nSPS) is 11.8. The molecule has 0 aliphatic carbocycles. The minimum atomic E-state index is -0.701. The van der Waals surface area contributed by atoms with Gasteiger partial charge < -0.3 is 14.8 Å². The first-order valence-electron chi connectivity index (χ1n) is 6.09. The Morgan fingerprint density at radius 3 is 2.37 bits per heavy atom. The van der Waals surface area contributed by atoms with Gasteiger partial charge in [0.15, 0.2) is 0 Å². The molecule has 104 valence electrons. The Hall–Kier alpha value is -2.04. The van der Waals surface area contributed by atoms with Gasteiger partial charge in [-0.3, -0.25) is 0 Å². The summed E-state index contributed by atoms with van der Waals surface area (Å²) in [6, 6.07) is 8.62. The minimum absolute atomic E-state index is 0.0725. The van der Waals surface area contributed by atoms with Gasteiger partial charge in [-0.25, -0.2) is 9.59 Å². The Bertz CT molecular complexity index is 417. The fourth-order valence-corrected chi connectivity index (χ4v) is 1.52. The molecule has 0 radical (unpaired) electrons. The second kappa shape index (κ2) is 7.41. The van der Waals surface area contributed by atoms with Crippen molar-refractivity contribution in [2.75, 3.05) is 7.11 Å². The number of amides is 1. The van der Waals surface area contributed by atoms with Crippen LogP contribution in [0.4, 0.5) is 4.79 Å². The third kappa shape index (κ3) is 4.99. The van der Waals surface area contributed by atoms with E-state index in [-0.39, 0.29) is 12.5 Å². The first-order chi connectivity index (χ1) is 9.04. The molecule has 1 rings (SSSR count). The van der Waals surface area contributed by atoms with Crippen molar-refractivity contribution in [2.24, 2.45) is 5.92 Å². The molecular formula is C14H19NO4. The largest absolute Gasteiger partial charge is 0.467 e. The summed E-state index contributed by atoms with van der Waals surface area (Å²) in [5.41, 5.74) is 0.886. The average Bonchev–Trinajstić information content (AvgIpc) is 2.42. The number of hydrogen-bond acceptors (Lipinski definition) is 4. The van der Waals surface area contributed by atoms with Gasteiger partial charge in [0.25, 0.3) is 0 Å². The Labute approximate surface area is 112 Å². The molecular weight excluding hydrogens is 246 g/mol. The Kier molecular flexibility index (Phi) is 5.85. The highest BCUT2D eigenvalue weighted by atomic mass is 16.6. The zero-order chi connectivity index (χ0) is 14.3. The van der Waals surface area contributed by atoms with Crippen LogP contribution in [0.1, 0.15) is 19.4 Å². The van der Waals surface area contributed by atoms with Gasteiger partial charge >= 0.3 is 12.1 Å². The van der Waals surface area contributed by atoms with E-state index in [4.69, 9.17) is 4.74 Å². The molecule has 0 saturated heterocycles. The van der Waals surface area contributed by atoms with E-state index in [0.717, 1.165) is 5.56 Å². The Morgan fingerprint density at radius 2 is 1.84 bits per heavy atom. The third-order valence-electron chi connectivity index (χ3n) is 2.61. The number of carbonyl (C=O) groups is 2. The van der Waals surface area contributed by atoms with Crippen LogP contribution >= 0.6 is 0 Å². The lowest BCUT2D eigenvalue weighted by Crippen LogP contribution is -2.45. The minimum Gasteiger partial charge on any atom is -0.467 e. The van der Waals surface area contributed by atoms with Crippen LogP contribution in [-0.2, 0) is 20.9 Å². The zero-order valence-corrected chi connectivity index (χ0v) is 11.4. The molecule has 5 nitrogen and oxygen atoms in total. The number of nitrogens with one attached hydrogen (secondary N) is 1. The van der Waals surface area contributed by atoms with Crippen molar-refractivity contribution in [3.63, 3.8) is 0 Å². The lowest BCUT2D eigenvalue weighted by atomic mass is 10.1. The Morgan fingerprint density at radius 1 is 1.21 bits per heavy atom. The summed E-state index contributed by atoms with van der Waals surface area (Å²) < 4.78 is 9.67. The molecule has 1 atom stereocenters. The summed E-state index contributed by atoms with van der Waals surface area (Å²) in [5.74, 6) is -0.552.